The van der Waals surface area contributed by atoms with Crippen LogP contribution in [0.1, 0.15) is 44.6 Å². The van der Waals surface area contributed by atoms with Crippen molar-refractivity contribution in [3.63, 3.8) is 0 Å². The Labute approximate surface area is 238 Å². The largest absolute Gasteiger partial charge is 0.457 e. The highest BCUT2D eigenvalue weighted by Crippen LogP contribution is 2.39. The van der Waals surface area contributed by atoms with Crippen LogP contribution < -0.4 is 4.74 Å². The Kier molecular flexibility index (Phi) is 7.60. The van der Waals surface area contributed by atoms with Gasteiger partial charge in [-0.1, -0.05) is 42.3 Å². The summed E-state index contributed by atoms with van der Waals surface area (Å²) in [5.74, 6) is -4.43. The number of ether oxygens (including phenoxy) is 1. The zero-order valence-corrected chi connectivity index (χ0v) is 22.6. The Balaban J connectivity index is 1.41. The van der Waals surface area contributed by atoms with Gasteiger partial charge in [0, 0.05) is 11.1 Å². The Bertz CT molecular complexity index is 1530. The molecule has 5 rings (SSSR count). The minimum absolute atomic E-state index is 0.0154. The Hall–Kier alpha value is -4.21. The predicted octanol–water partition coefficient (Wildman–Crippen LogP) is 5.24. The summed E-state index contributed by atoms with van der Waals surface area (Å²) in [6, 6.07) is 12.8. The van der Waals surface area contributed by atoms with Crippen molar-refractivity contribution in [1.82, 2.24) is 10.0 Å². The summed E-state index contributed by atoms with van der Waals surface area (Å²) in [5.41, 5.74) is 0.209. The lowest BCUT2D eigenvalue weighted by atomic mass is 9.78. The molecule has 1 saturated heterocycles. The number of Topliss-reactive ketones (excluding diaryl/α,β-unsaturated/α-hetero) is 1. The van der Waals surface area contributed by atoms with E-state index in [4.69, 9.17) is 32.4 Å². The second-order valence-electron chi connectivity index (χ2n) is 9.45. The molecule has 1 aromatic heterocycles. The van der Waals surface area contributed by atoms with Gasteiger partial charge in [-0.05, 0) is 66.9 Å². The zero-order valence-electron chi connectivity index (χ0n) is 21.1. The smallest absolute Gasteiger partial charge is 0.379 e. The van der Waals surface area contributed by atoms with E-state index in [0.29, 0.717) is 6.42 Å². The second kappa shape index (κ2) is 11.1. The van der Waals surface area contributed by atoms with Gasteiger partial charge in [-0.3, -0.25) is 19.2 Å². The number of rotatable bonds is 7. The molecule has 0 spiro atoms. The van der Waals surface area contributed by atoms with E-state index in [-0.39, 0.29) is 38.6 Å². The van der Waals surface area contributed by atoms with E-state index in [1.165, 1.54) is 54.8 Å². The molecule has 9 nitrogen and oxygen atoms in total. The summed E-state index contributed by atoms with van der Waals surface area (Å²) < 4.78 is 10.2. The summed E-state index contributed by atoms with van der Waals surface area (Å²) in [5, 5.41) is 1.97. The average molecular weight is 581 g/mol. The van der Waals surface area contributed by atoms with E-state index in [0.717, 1.165) is 10.0 Å². The van der Waals surface area contributed by atoms with Crippen LogP contribution in [0.3, 0.4) is 0 Å². The van der Waals surface area contributed by atoms with Gasteiger partial charge in [0.1, 0.15) is 12.3 Å². The Morgan fingerprint density at radius 1 is 1.00 bits per heavy atom. The molecule has 1 aliphatic heterocycles. The zero-order chi connectivity index (χ0) is 28.6. The SMILES string of the molecule is C[C@@H]1C=CC[C@H]2C(=O)N(N(CC(=O)c3ccc(OC(=O)c4ccco4)cc3)C(=O)c3ccc(Cl)c(Cl)c3)C(=O)[C@@H]12. The number of fused-ring (bicyclic) bond motifs is 1. The number of hydrogen-bond donors (Lipinski definition) is 0. The number of halogens is 2. The molecule has 2 aromatic carbocycles. The maximum atomic E-state index is 13.7. The molecule has 204 valence electrons. The van der Waals surface area contributed by atoms with Crippen LogP contribution in [0.25, 0.3) is 0 Å². The first kappa shape index (κ1) is 27.4. The fourth-order valence-electron chi connectivity index (χ4n) is 4.87. The van der Waals surface area contributed by atoms with Crippen molar-refractivity contribution in [3.05, 3.63) is 99.9 Å². The van der Waals surface area contributed by atoms with Gasteiger partial charge in [-0.25, -0.2) is 9.80 Å². The van der Waals surface area contributed by atoms with Gasteiger partial charge in [0.15, 0.2) is 5.78 Å². The van der Waals surface area contributed by atoms with Gasteiger partial charge in [-0.2, -0.15) is 5.01 Å². The number of imide groups is 1. The van der Waals surface area contributed by atoms with E-state index < -0.39 is 47.9 Å². The number of carbonyl (C=O) groups is 5. The van der Waals surface area contributed by atoms with Crippen LogP contribution in [0.2, 0.25) is 10.0 Å². The molecule has 0 unspecified atom stereocenters. The van der Waals surface area contributed by atoms with Gasteiger partial charge in [0.2, 0.25) is 5.76 Å². The number of allylic oxidation sites excluding steroid dienone is 2. The number of hydrogen-bond acceptors (Lipinski definition) is 7. The third kappa shape index (κ3) is 5.17. The first-order valence-electron chi connectivity index (χ1n) is 12.4. The monoisotopic (exact) mass is 580 g/mol. The van der Waals surface area contributed by atoms with Crippen LogP contribution in [-0.4, -0.2) is 46.0 Å². The number of hydrazine groups is 1. The van der Waals surface area contributed by atoms with Gasteiger partial charge in [-0.15, -0.1) is 0 Å². The summed E-state index contributed by atoms with van der Waals surface area (Å²) in [6.45, 7) is 1.22. The number of ketones is 1. The lowest BCUT2D eigenvalue weighted by molar-refractivity contribution is -0.154. The Morgan fingerprint density at radius 2 is 1.73 bits per heavy atom. The molecule has 1 aliphatic carbocycles. The number of carbonyl (C=O) groups excluding carboxylic acids is 5. The van der Waals surface area contributed by atoms with Crippen LogP contribution in [0.4, 0.5) is 0 Å². The van der Waals surface area contributed by atoms with E-state index >= 15 is 0 Å². The van der Waals surface area contributed by atoms with Crippen LogP contribution in [0.5, 0.6) is 5.75 Å². The third-order valence-electron chi connectivity index (χ3n) is 6.89. The molecule has 3 aromatic rings. The molecule has 1 fully saturated rings. The standard InChI is InChI=1S/C29H22Cl2N2O7/c1-16-4-2-5-20-25(16)28(37)33(27(20)36)32(26(35)18-9-12-21(30)22(31)14-18)15-23(34)17-7-10-19(11-8-17)40-29(38)24-6-3-13-39-24/h2-4,6-14,16,20,25H,5,15H2,1H3/t16-,20-,25+/m1/s1. The lowest BCUT2D eigenvalue weighted by Crippen LogP contribution is -2.52. The minimum atomic E-state index is -0.767. The fraction of sp³-hybridized carbons (Fsp3) is 0.207. The van der Waals surface area contributed by atoms with Crippen molar-refractivity contribution < 1.29 is 33.1 Å². The molecule has 0 saturated carbocycles. The van der Waals surface area contributed by atoms with Gasteiger partial charge >= 0.3 is 5.97 Å². The van der Waals surface area contributed by atoms with Crippen molar-refractivity contribution in [3.8, 4) is 5.75 Å². The highest BCUT2D eigenvalue weighted by Gasteiger charge is 2.53. The molecule has 0 N–H and O–H groups in total. The molecule has 0 radical (unpaired) electrons. The molecule has 2 heterocycles. The van der Waals surface area contributed by atoms with Gasteiger partial charge in [0.05, 0.1) is 28.1 Å². The number of amides is 3. The van der Waals surface area contributed by atoms with E-state index in [9.17, 15) is 24.0 Å². The van der Waals surface area contributed by atoms with E-state index in [1.54, 1.807) is 6.07 Å². The molecule has 0 bridgehead atoms. The Morgan fingerprint density at radius 3 is 2.38 bits per heavy atom. The molecule has 3 atom stereocenters. The fourth-order valence-corrected chi connectivity index (χ4v) is 5.17. The first-order chi connectivity index (χ1) is 19.2. The molecule has 3 amide bonds. The van der Waals surface area contributed by atoms with Crippen molar-refractivity contribution in [2.75, 3.05) is 6.54 Å². The van der Waals surface area contributed by atoms with Crippen molar-refractivity contribution in [1.29, 1.82) is 0 Å². The van der Waals surface area contributed by atoms with Crippen LogP contribution in [-0.2, 0) is 9.59 Å². The summed E-state index contributed by atoms with van der Waals surface area (Å²) in [4.78, 5) is 66.0. The highest BCUT2D eigenvalue weighted by molar-refractivity contribution is 6.42. The van der Waals surface area contributed by atoms with Crippen molar-refractivity contribution >= 4 is 52.7 Å². The number of benzene rings is 2. The lowest BCUT2D eigenvalue weighted by Gasteiger charge is -2.30. The number of furan rings is 1. The van der Waals surface area contributed by atoms with Crippen molar-refractivity contribution in [2.45, 2.75) is 13.3 Å². The number of nitrogens with zero attached hydrogens (tertiary/aromatic N) is 2. The maximum absolute atomic E-state index is 13.7. The quantitative estimate of drug-likeness (QED) is 0.123. The molecular formula is C29H22Cl2N2O7. The van der Waals surface area contributed by atoms with Crippen LogP contribution >= 0.6 is 23.2 Å². The summed E-state index contributed by atoms with van der Waals surface area (Å²) in [7, 11) is 0. The van der Waals surface area contributed by atoms with Crippen molar-refractivity contribution in [2.24, 2.45) is 17.8 Å². The van der Waals surface area contributed by atoms with Crippen LogP contribution in [0, 0.1) is 17.8 Å². The van der Waals surface area contributed by atoms with Gasteiger partial charge in [0.25, 0.3) is 17.7 Å². The van der Waals surface area contributed by atoms with Gasteiger partial charge < -0.3 is 9.15 Å². The maximum Gasteiger partial charge on any atom is 0.379 e. The second-order valence-corrected chi connectivity index (χ2v) is 10.3. The number of esters is 1. The molecule has 40 heavy (non-hydrogen) atoms. The third-order valence-corrected chi connectivity index (χ3v) is 7.63. The normalized spacial score (nSPS) is 19.9. The topological polar surface area (TPSA) is 114 Å². The highest BCUT2D eigenvalue weighted by atomic mass is 35.5. The van der Waals surface area contributed by atoms with E-state index in [2.05, 4.69) is 0 Å². The molecule has 2 aliphatic rings. The first-order valence-corrected chi connectivity index (χ1v) is 13.1. The predicted molar refractivity (Wildman–Crippen MR) is 144 cm³/mol. The molecular weight excluding hydrogens is 559 g/mol. The summed E-state index contributed by atoms with van der Waals surface area (Å²) in [6.07, 6.45) is 5.41. The molecule has 11 heteroatoms. The minimum Gasteiger partial charge on any atom is -0.457 e. The average Bonchev–Trinajstić information content (AvgIpc) is 3.57. The van der Waals surface area contributed by atoms with E-state index in [1.807, 2.05) is 19.1 Å². The summed E-state index contributed by atoms with van der Waals surface area (Å²) >= 11 is 12.1. The van der Waals surface area contributed by atoms with Crippen LogP contribution in [0.15, 0.2) is 77.4 Å².